The van der Waals surface area contributed by atoms with Crippen LogP contribution in [0.15, 0.2) is 41.4 Å². The van der Waals surface area contributed by atoms with Gasteiger partial charge < -0.3 is 5.32 Å². The lowest BCUT2D eigenvalue weighted by atomic mass is 10.2. The lowest BCUT2D eigenvalue weighted by Gasteiger charge is -2.09. The Morgan fingerprint density at radius 1 is 1.24 bits per heavy atom. The first kappa shape index (κ1) is 15.8. The molecule has 1 aromatic carbocycles. The Hall–Kier alpha value is -1.63. The van der Waals surface area contributed by atoms with Crippen LogP contribution in [0.4, 0.5) is 5.69 Å². The average molecular weight is 345 g/mol. The van der Waals surface area contributed by atoms with E-state index in [2.05, 4.69) is 10.3 Å². The third-order valence-corrected chi connectivity index (χ3v) is 4.26. The standard InChI is InChI=1S/C13H10Cl2N2O3S/c1-8-6-10(21(15,19)20)3-5-11(8)17-13(18)12-4-2-9(14)7-16-12/h2-7H,1H3,(H,17,18). The molecule has 0 spiro atoms. The van der Waals surface area contributed by atoms with Crippen LogP contribution in [0, 0.1) is 6.92 Å². The number of pyridine rings is 1. The minimum Gasteiger partial charge on any atom is -0.320 e. The van der Waals surface area contributed by atoms with Gasteiger partial charge in [0.1, 0.15) is 5.69 Å². The van der Waals surface area contributed by atoms with Crippen molar-refractivity contribution in [2.75, 3.05) is 5.32 Å². The molecule has 21 heavy (non-hydrogen) atoms. The highest BCUT2D eigenvalue weighted by molar-refractivity contribution is 8.13. The molecule has 0 bridgehead atoms. The number of anilines is 1. The maximum absolute atomic E-state index is 12.0. The Bertz CT molecular complexity index is 790. The molecule has 0 radical (unpaired) electrons. The monoisotopic (exact) mass is 344 g/mol. The number of nitrogens with one attached hydrogen (secondary N) is 1. The molecule has 0 atom stereocenters. The molecule has 2 aromatic rings. The minimum atomic E-state index is -3.79. The first-order chi connectivity index (χ1) is 9.77. The molecule has 0 unspecified atom stereocenters. The molecule has 8 heteroatoms. The number of amides is 1. The summed E-state index contributed by atoms with van der Waals surface area (Å²) in [4.78, 5) is 15.9. The SMILES string of the molecule is Cc1cc(S(=O)(=O)Cl)ccc1NC(=O)c1ccc(Cl)cn1. The minimum absolute atomic E-state index is 0.0238. The van der Waals surface area contributed by atoms with Gasteiger partial charge in [0.2, 0.25) is 0 Å². The molecule has 2 rings (SSSR count). The topological polar surface area (TPSA) is 76.1 Å². The van der Waals surface area contributed by atoms with Gasteiger partial charge in [-0.15, -0.1) is 0 Å². The number of rotatable bonds is 3. The molecule has 0 aliphatic carbocycles. The molecular weight excluding hydrogens is 335 g/mol. The molecule has 0 saturated carbocycles. The summed E-state index contributed by atoms with van der Waals surface area (Å²) in [7, 11) is 1.47. The molecule has 0 saturated heterocycles. The van der Waals surface area contributed by atoms with Crippen molar-refractivity contribution in [2.45, 2.75) is 11.8 Å². The molecule has 0 aliphatic rings. The Labute approximate surface area is 131 Å². The second-order valence-electron chi connectivity index (χ2n) is 4.23. The summed E-state index contributed by atoms with van der Waals surface area (Å²) < 4.78 is 22.5. The molecule has 5 nitrogen and oxygen atoms in total. The summed E-state index contributed by atoms with van der Waals surface area (Å²) in [6, 6.07) is 7.22. The van der Waals surface area contributed by atoms with E-state index in [1.54, 1.807) is 13.0 Å². The van der Waals surface area contributed by atoms with Crippen molar-refractivity contribution in [1.82, 2.24) is 4.98 Å². The average Bonchev–Trinajstić information content (AvgIpc) is 2.40. The van der Waals surface area contributed by atoms with Gasteiger partial charge in [-0.1, -0.05) is 11.6 Å². The second-order valence-corrected chi connectivity index (χ2v) is 7.23. The van der Waals surface area contributed by atoms with E-state index in [0.717, 1.165) is 0 Å². The number of nitrogens with zero attached hydrogens (tertiary/aromatic N) is 1. The molecule has 1 amide bonds. The summed E-state index contributed by atoms with van der Waals surface area (Å²) in [6.45, 7) is 1.66. The van der Waals surface area contributed by atoms with Gasteiger partial charge >= 0.3 is 0 Å². The summed E-state index contributed by atoms with van der Waals surface area (Å²) in [5, 5.41) is 3.07. The zero-order valence-electron chi connectivity index (χ0n) is 10.8. The number of aromatic nitrogens is 1. The van der Waals surface area contributed by atoms with Crippen LogP contribution in [0.2, 0.25) is 5.02 Å². The smallest absolute Gasteiger partial charge is 0.274 e. The highest BCUT2D eigenvalue weighted by Crippen LogP contribution is 2.22. The molecule has 0 fully saturated rings. The number of hydrogen-bond donors (Lipinski definition) is 1. The third kappa shape index (κ3) is 3.93. The predicted molar refractivity (Wildman–Crippen MR) is 81.4 cm³/mol. The lowest BCUT2D eigenvalue weighted by Crippen LogP contribution is -2.14. The molecule has 1 N–H and O–H groups in total. The van der Waals surface area contributed by atoms with Gasteiger partial charge in [0.15, 0.2) is 0 Å². The number of benzene rings is 1. The fourth-order valence-corrected chi connectivity index (χ4v) is 2.57. The molecule has 1 aromatic heterocycles. The van der Waals surface area contributed by atoms with Gasteiger partial charge in [-0.3, -0.25) is 4.79 Å². The lowest BCUT2D eigenvalue weighted by molar-refractivity contribution is 0.102. The fraction of sp³-hybridized carbons (Fsp3) is 0.0769. The highest BCUT2D eigenvalue weighted by atomic mass is 35.7. The number of carbonyl (C=O) groups excluding carboxylic acids is 1. The first-order valence-corrected chi connectivity index (χ1v) is 8.44. The van der Waals surface area contributed by atoms with Crippen LogP contribution in [0.1, 0.15) is 16.1 Å². The largest absolute Gasteiger partial charge is 0.320 e. The van der Waals surface area contributed by atoms with Gasteiger partial charge in [0, 0.05) is 22.6 Å². The van der Waals surface area contributed by atoms with E-state index < -0.39 is 15.0 Å². The van der Waals surface area contributed by atoms with E-state index >= 15 is 0 Å². The van der Waals surface area contributed by atoms with E-state index in [4.69, 9.17) is 22.3 Å². The molecule has 110 valence electrons. The molecule has 0 aliphatic heterocycles. The van der Waals surface area contributed by atoms with Crippen molar-refractivity contribution in [3.63, 3.8) is 0 Å². The van der Waals surface area contributed by atoms with Gasteiger partial charge in [-0.2, -0.15) is 0 Å². The van der Waals surface area contributed by atoms with Crippen LogP contribution in [0.5, 0.6) is 0 Å². The maximum atomic E-state index is 12.0. The third-order valence-electron chi connectivity index (χ3n) is 2.69. The van der Waals surface area contributed by atoms with Crippen LogP contribution in [-0.2, 0) is 9.05 Å². The highest BCUT2D eigenvalue weighted by Gasteiger charge is 2.13. The molecule has 1 heterocycles. The van der Waals surface area contributed by atoms with E-state index in [9.17, 15) is 13.2 Å². The normalized spacial score (nSPS) is 11.2. The first-order valence-electron chi connectivity index (χ1n) is 5.75. The molecular formula is C13H10Cl2N2O3S. The Kier molecular flexibility index (Phi) is 4.51. The zero-order valence-corrected chi connectivity index (χ0v) is 13.1. The maximum Gasteiger partial charge on any atom is 0.274 e. The van der Waals surface area contributed by atoms with Crippen molar-refractivity contribution in [3.8, 4) is 0 Å². The number of carbonyl (C=O) groups is 1. The summed E-state index contributed by atoms with van der Waals surface area (Å²) in [5.41, 5.74) is 1.24. The van der Waals surface area contributed by atoms with Gasteiger partial charge in [0.05, 0.1) is 9.92 Å². The Morgan fingerprint density at radius 2 is 1.95 bits per heavy atom. The summed E-state index contributed by atoms with van der Waals surface area (Å²) in [5.74, 6) is -0.420. The predicted octanol–water partition coefficient (Wildman–Crippen LogP) is 3.22. The van der Waals surface area contributed by atoms with Crippen molar-refractivity contribution in [3.05, 3.63) is 52.8 Å². The zero-order chi connectivity index (χ0) is 15.6. The van der Waals surface area contributed by atoms with Gasteiger partial charge in [0.25, 0.3) is 15.0 Å². The van der Waals surface area contributed by atoms with Gasteiger partial charge in [-0.05, 0) is 42.8 Å². The van der Waals surface area contributed by atoms with E-state index in [-0.39, 0.29) is 10.6 Å². The number of halogens is 2. The van der Waals surface area contributed by atoms with E-state index in [1.807, 2.05) is 0 Å². The fourth-order valence-electron chi connectivity index (χ4n) is 1.62. The van der Waals surface area contributed by atoms with Crippen LogP contribution >= 0.6 is 22.3 Å². The van der Waals surface area contributed by atoms with Crippen LogP contribution in [-0.4, -0.2) is 19.3 Å². The summed E-state index contributed by atoms with van der Waals surface area (Å²) in [6.07, 6.45) is 1.37. The Balaban J connectivity index is 2.24. The van der Waals surface area contributed by atoms with Crippen LogP contribution in [0.3, 0.4) is 0 Å². The van der Waals surface area contributed by atoms with E-state index in [0.29, 0.717) is 16.3 Å². The van der Waals surface area contributed by atoms with Crippen molar-refractivity contribution < 1.29 is 13.2 Å². The number of hydrogen-bond acceptors (Lipinski definition) is 4. The Morgan fingerprint density at radius 3 is 2.48 bits per heavy atom. The van der Waals surface area contributed by atoms with Gasteiger partial charge in [-0.25, -0.2) is 13.4 Å². The van der Waals surface area contributed by atoms with Crippen LogP contribution in [0.25, 0.3) is 0 Å². The van der Waals surface area contributed by atoms with E-state index in [1.165, 1.54) is 30.5 Å². The van der Waals surface area contributed by atoms with Crippen molar-refractivity contribution >= 4 is 42.9 Å². The second kappa shape index (κ2) is 6.01. The van der Waals surface area contributed by atoms with Crippen molar-refractivity contribution in [1.29, 1.82) is 0 Å². The number of aryl methyl sites for hydroxylation is 1. The van der Waals surface area contributed by atoms with Crippen LogP contribution < -0.4 is 5.32 Å². The quantitative estimate of drug-likeness (QED) is 0.867. The van der Waals surface area contributed by atoms with Crippen molar-refractivity contribution in [2.24, 2.45) is 0 Å². The summed E-state index contributed by atoms with van der Waals surface area (Å²) >= 11 is 5.70.